The first-order valence-electron chi connectivity index (χ1n) is 19.0. The lowest BCUT2D eigenvalue weighted by molar-refractivity contribution is 0.620. The molecule has 7 heteroatoms. The molecule has 12 aromatic rings. The number of rotatable bonds is 5. The summed E-state index contributed by atoms with van der Waals surface area (Å²) in [6.45, 7) is 0. The zero-order chi connectivity index (χ0) is 37.5. The molecule has 0 atom stereocenters. The SMILES string of the molecule is c1ccc(-c2nc(-c3ccc4ccccc4c3)nc(-n3c4ccccc4c4ccc5c6ccccc6n(-c6ccc(-c7nc8ccccc8o7)cc6)c5c43)n2)cc1. The first-order valence-corrected chi connectivity index (χ1v) is 19.0. The van der Waals surface area contributed by atoms with Gasteiger partial charge in [-0.25, -0.2) is 9.97 Å². The Balaban J connectivity index is 1.15. The van der Waals surface area contributed by atoms with Crippen molar-refractivity contribution in [3.05, 3.63) is 182 Å². The van der Waals surface area contributed by atoms with Crippen LogP contribution in [0.25, 0.3) is 111 Å². The number of aromatic nitrogens is 6. The number of para-hydroxylation sites is 4. The fraction of sp³-hybridized carbons (Fsp3) is 0. The summed E-state index contributed by atoms with van der Waals surface area (Å²) in [6, 6.07) is 62.9. The van der Waals surface area contributed by atoms with E-state index in [2.05, 4.69) is 149 Å². The van der Waals surface area contributed by atoms with Crippen molar-refractivity contribution < 1.29 is 4.42 Å². The van der Waals surface area contributed by atoms with Crippen LogP contribution in [0, 0.1) is 0 Å². The summed E-state index contributed by atoms with van der Waals surface area (Å²) in [4.78, 5) is 20.5. The van der Waals surface area contributed by atoms with Gasteiger partial charge in [-0.15, -0.1) is 0 Å². The Bertz CT molecular complexity index is 3490. The molecule has 0 N–H and O–H groups in total. The molecule has 0 amide bonds. The smallest absolute Gasteiger partial charge is 0.238 e. The minimum absolute atomic E-state index is 0.550. The van der Waals surface area contributed by atoms with Crippen LogP contribution in [0.1, 0.15) is 0 Å². The number of hydrogen-bond acceptors (Lipinski definition) is 5. The highest BCUT2D eigenvalue weighted by Gasteiger charge is 2.23. The van der Waals surface area contributed by atoms with Crippen LogP contribution in [-0.4, -0.2) is 29.1 Å². The van der Waals surface area contributed by atoms with Gasteiger partial charge in [0.2, 0.25) is 11.8 Å². The van der Waals surface area contributed by atoms with Crippen molar-refractivity contribution in [2.24, 2.45) is 0 Å². The number of oxazole rings is 1. The predicted octanol–water partition coefficient (Wildman–Crippen LogP) is 12.4. The van der Waals surface area contributed by atoms with Gasteiger partial charge in [-0.05, 0) is 65.4 Å². The van der Waals surface area contributed by atoms with Crippen LogP contribution in [0.4, 0.5) is 0 Å². The van der Waals surface area contributed by atoms with E-state index in [1.54, 1.807) is 0 Å². The molecule has 4 aromatic heterocycles. The summed E-state index contributed by atoms with van der Waals surface area (Å²) in [5.74, 6) is 2.36. The predicted molar refractivity (Wildman–Crippen MR) is 230 cm³/mol. The van der Waals surface area contributed by atoms with Crippen molar-refractivity contribution >= 4 is 65.5 Å². The molecule has 0 radical (unpaired) electrons. The van der Waals surface area contributed by atoms with Gasteiger partial charge >= 0.3 is 0 Å². The minimum atomic E-state index is 0.550. The molecule has 0 bridgehead atoms. The van der Waals surface area contributed by atoms with Crippen LogP contribution < -0.4 is 0 Å². The Labute approximate surface area is 325 Å². The van der Waals surface area contributed by atoms with E-state index in [0.717, 1.165) is 82.5 Å². The number of nitrogens with zero attached hydrogens (tertiary/aromatic N) is 6. The zero-order valence-electron chi connectivity index (χ0n) is 30.4. The Morgan fingerprint density at radius 2 is 0.982 bits per heavy atom. The van der Waals surface area contributed by atoms with Gasteiger partial charge in [-0.2, -0.15) is 9.97 Å². The summed E-state index contributed by atoms with van der Waals surface area (Å²) in [5.41, 5.74) is 9.57. The molecular weight excluding hydrogens is 701 g/mol. The molecule has 0 aliphatic carbocycles. The lowest BCUT2D eigenvalue weighted by atomic mass is 10.1. The van der Waals surface area contributed by atoms with E-state index in [-0.39, 0.29) is 0 Å². The number of benzene rings is 8. The highest BCUT2D eigenvalue weighted by atomic mass is 16.3. The average Bonchev–Trinajstić information content (AvgIpc) is 3.97. The van der Waals surface area contributed by atoms with Gasteiger partial charge in [-0.1, -0.05) is 127 Å². The molecule has 266 valence electrons. The largest absolute Gasteiger partial charge is 0.436 e. The molecule has 0 unspecified atom stereocenters. The molecule has 0 spiro atoms. The van der Waals surface area contributed by atoms with Crippen molar-refractivity contribution in [3.8, 4) is 45.9 Å². The third kappa shape index (κ3) is 4.92. The van der Waals surface area contributed by atoms with E-state index >= 15 is 0 Å². The number of hydrogen-bond donors (Lipinski definition) is 0. The van der Waals surface area contributed by atoms with Crippen molar-refractivity contribution in [2.75, 3.05) is 0 Å². The molecule has 0 aliphatic heterocycles. The fourth-order valence-corrected chi connectivity index (χ4v) is 8.36. The van der Waals surface area contributed by atoms with Gasteiger partial charge < -0.3 is 8.98 Å². The average molecular weight is 731 g/mol. The van der Waals surface area contributed by atoms with E-state index < -0.39 is 0 Å². The molecule has 0 saturated heterocycles. The molecule has 7 nitrogen and oxygen atoms in total. The van der Waals surface area contributed by atoms with E-state index in [1.807, 2.05) is 42.5 Å². The van der Waals surface area contributed by atoms with E-state index in [4.69, 9.17) is 24.4 Å². The lowest BCUT2D eigenvalue weighted by Gasteiger charge is -2.13. The molecule has 12 rings (SSSR count). The first-order chi connectivity index (χ1) is 28.2. The van der Waals surface area contributed by atoms with Crippen molar-refractivity contribution in [1.29, 1.82) is 0 Å². The summed E-state index contributed by atoms with van der Waals surface area (Å²) in [6.07, 6.45) is 0. The molecule has 57 heavy (non-hydrogen) atoms. The Morgan fingerprint density at radius 1 is 0.386 bits per heavy atom. The van der Waals surface area contributed by atoms with E-state index in [0.29, 0.717) is 23.5 Å². The summed E-state index contributed by atoms with van der Waals surface area (Å²) in [5, 5.41) is 6.82. The van der Waals surface area contributed by atoms with Crippen LogP contribution >= 0.6 is 0 Å². The third-order valence-corrected chi connectivity index (χ3v) is 11.0. The van der Waals surface area contributed by atoms with Gasteiger partial charge in [0.1, 0.15) is 5.52 Å². The van der Waals surface area contributed by atoms with Crippen molar-refractivity contribution in [3.63, 3.8) is 0 Å². The van der Waals surface area contributed by atoms with Crippen LogP contribution in [0.2, 0.25) is 0 Å². The summed E-state index contributed by atoms with van der Waals surface area (Å²) < 4.78 is 10.7. The van der Waals surface area contributed by atoms with E-state index in [1.165, 1.54) is 5.39 Å². The normalized spacial score (nSPS) is 11.9. The van der Waals surface area contributed by atoms with Crippen LogP contribution in [0.15, 0.2) is 186 Å². The fourth-order valence-electron chi connectivity index (χ4n) is 8.36. The highest BCUT2D eigenvalue weighted by Crippen LogP contribution is 2.42. The molecule has 8 aromatic carbocycles. The molecule has 0 fully saturated rings. The maximum absolute atomic E-state index is 6.15. The van der Waals surface area contributed by atoms with E-state index in [9.17, 15) is 0 Å². The Kier molecular flexibility index (Phi) is 6.79. The second-order valence-corrected chi connectivity index (χ2v) is 14.3. The van der Waals surface area contributed by atoms with Crippen molar-refractivity contribution in [1.82, 2.24) is 29.1 Å². The molecule has 0 aliphatic rings. The van der Waals surface area contributed by atoms with Gasteiger partial charge in [0.25, 0.3) is 0 Å². The van der Waals surface area contributed by atoms with Crippen LogP contribution in [-0.2, 0) is 0 Å². The maximum Gasteiger partial charge on any atom is 0.238 e. The van der Waals surface area contributed by atoms with Gasteiger partial charge in [0.05, 0.1) is 22.1 Å². The minimum Gasteiger partial charge on any atom is -0.436 e. The van der Waals surface area contributed by atoms with Crippen LogP contribution in [0.3, 0.4) is 0 Å². The highest BCUT2D eigenvalue weighted by molar-refractivity contribution is 6.23. The van der Waals surface area contributed by atoms with Crippen molar-refractivity contribution in [2.45, 2.75) is 0 Å². The quantitative estimate of drug-likeness (QED) is 0.176. The standard InChI is InChI=1S/C50H30N6O/c1-2-13-32(14-3-1)47-52-48(35-23-22-31-12-4-5-15-34(31)30-35)54-50(53-47)56-43-20-10-7-17-38(43)40-29-28-39-37-16-6-9-19-42(37)55(45(39)46(40)56)36-26-24-33(25-27-36)49-51-41-18-8-11-21-44(41)57-49/h1-30H. The monoisotopic (exact) mass is 730 g/mol. The van der Waals surface area contributed by atoms with Gasteiger partial charge in [0.15, 0.2) is 17.2 Å². The summed E-state index contributed by atoms with van der Waals surface area (Å²) >= 11 is 0. The third-order valence-electron chi connectivity index (χ3n) is 11.0. The Morgan fingerprint density at radius 3 is 1.74 bits per heavy atom. The van der Waals surface area contributed by atoms with Gasteiger partial charge in [0, 0.05) is 43.9 Å². The second kappa shape index (κ2) is 12.3. The summed E-state index contributed by atoms with van der Waals surface area (Å²) in [7, 11) is 0. The second-order valence-electron chi connectivity index (χ2n) is 14.3. The molecule has 4 heterocycles. The lowest BCUT2D eigenvalue weighted by Crippen LogP contribution is -2.07. The number of fused-ring (bicyclic) bond motifs is 9. The van der Waals surface area contributed by atoms with Gasteiger partial charge in [-0.3, -0.25) is 4.57 Å². The topological polar surface area (TPSA) is 74.6 Å². The first kappa shape index (κ1) is 31.5. The zero-order valence-corrected chi connectivity index (χ0v) is 30.4. The molecular formula is C50H30N6O. The van der Waals surface area contributed by atoms with Crippen LogP contribution in [0.5, 0.6) is 0 Å². The maximum atomic E-state index is 6.15. The Hall–Kier alpha value is -7.90. The molecule has 0 saturated carbocycles.